The van der Waals surface area contributed by atoms with E-state index in [1.54, 1.807) is 6.92 Å². The van der Waals surface area contributed by atoms with E-state index in [-0.39, 0.29) is 5.91 Å². The number of aliphatic hydroxyl groups is 1. The van der Waals surface area contributed by atoms with Gasteiger partial charge >= 0.3 is 0 Å². The lowest BCUT2D eigenvalue weighted by Crippen LogP contribution is -2.40. The molecule has 0 spiro atoms. The molecule has 0 aliphatic heterocycles. The minimum absolute atomic E-state index is 0.267. The lowest BCUT2D eigenvalue weighted by Gasteiger charge is -2.23. The number of rotatable bonds is 6. The smallest absolute Gasteiger partial charge is 0.254 e. The maximum absolute atomic E-state index is 12.4. The molecule has 2 N–H and O–H groups in total. The van der Waals surface area contributed by atoms with Crippen molar-refractivity contribution in [2.75, 3.05) is 7.11 Å². The van der Waals surface area contributed by atoms with Gasteiger partial charge in [0.05, 0.1) is 12.1 Å². The average molecular weight is 299 g/mol. The number of methoxy groups -OCH3 is 1. The van der Waals surface area contributed by atoms with Crippen molar-refractivity contribution in [3.63, 3.8) is 0 Å². The Labute approximate surface area is 130 Å². The normalized spacial score (nSPS) is 14.9. The fourth-order valence-electron chi connectivity index (χ4n) is 2.34. The molecule has 0 saturated carbocycles. The number of carbonyl (C=O) groups is 1. The predicted octanol–water partition coefficient (Wildman–Crippen LogP) is 2.61. The minimum Gasteiger partial charge on any atom is -0.386 e. The van der Waals surface area contributed by atoms with Gasteiger partial charge in [0.2, 0.25) is 0 Å². The Morgan fingerprint density at radius 1 is 1.00 bits per heavy atom. The van der Waals surface area contributed by atoms with Crippen molar-refractivity contribution in [3.8, 4) is 0 Å². The second-order valence-electron chi connectivity index (χ2n) is 5.18. The van der Waals surface area contributed by atoms with E-state index in [2.05, 4.69) is 5.32 Å². The van der Waals surface area contributed by atoms with Crippen LogP contribution in [0.15, 0.2) is 60.7 Å². The van der Waals surface area contributed by atoms with E-state index in [1.807, 2.05) is 60.7 Å². The number of aliphatic hydroxyl groups excluding tert-OH is 1. The van der Waals surface area contributed by atoms with Gasteiger partial charge in [-0.15, -0.1) is 0 Å². The van der Waals surface area contributed by atoms with Gasteiger partial charge in [-0.3, -0.25) is 4.79 Å². The van der Waals surface area contributed by atoms with Crippen LogP contribution in [-0.2, 0) is 9.53 Å². The molecule has 22 heavy (non-hydrogen) atoms. The van der Waals surface area contributed by atoms with Crippen molar-refractivity contribution in [2.24, 2.45) is 0 Å². The first kappa shape index (κ1) is 16.2. The van der Waals surface area contributed by atoms with E-state index in [9.17, 15) is 9.90 Å². The summed E-state index contributed by atoms with van der Waals surface area (Å²) in [6.07, 6.45) is -1.45. The highest BCUT2D eigenvalue weighted by molar-refractivity contribution is 5.82. The topological polar surface area (TPSA) is 58.6 Å². The number of amides is 1. The summed E-state index contributed by atoms with van der Waals surface area (Å²) in [4.78, 5) is 12.4. The molecular formula is C18H21NO3. The van der Waals surface area contributed by atoms with Crippen molar-refractivity contribution in [1.29, 1.82) is 0 Å². The van der Waals surface area contributed by atoms with Crippen molar-refractivity contribution >= 4 is 5.91 Å². The largest absolute Gasteiger partial charge is 0.386 e. The van der Waals surface area contributed by atoms with Crippen LogP contribution < -0.4 is 5.32 Å². The molecule has 0 saturated heterocycles. The molecule has 0 aromatic heterocycles. The molecular weight excluding hydrogens is 278 g/mol. The summed E-state index contributed by atoms with van der Waals surface area (Å²) < 4.78 is 5.29. The van der Waals surface area contributed by atoms with Gasteiger partial charge in [0.1, 0.15) is 0 Å². The molecule has 4 heteroatoms. The molecule has 4 nitrogen and oxygen atoms in total. The minimum atomic E-state index is -0.765. The Bertz CT molecular complexity index is 586. The van der Waals surface area contributed by atoms with E-state index in [0.717, 1.165) is 11.1 Å². The van der Waals surface area contributed by atoms with Gasteiger partial charge in [-0.1, -0.05) is 60.7 Å². The second kappa shape index (κ2) is 7.73. The van der Waals surface area contributed by atoms with Crippen LogP contribution in [0, 0.1) is 0 Å². The molecule has 3 atom stereocenters. The van der Waals surface area contributed by atoms with Gasteiger partial charge in [-0.2, -0.15) is 0 Å². The number of carbonyl (C=O) groups excluding carboxylic acids is 1. The number of nitrogens with one attached hydrogen (secondary N) is 1. The number of hydrogen-bond acceptors (Lipinski definition) is 3. The molecule has 2 rings (SSSR count). The number of ether oxygens (including phenoxy) is 1. The standard InChI is InChI=1S/C18H21NO3/c1-13(16(20)14-9-5-3-6-10-14)19-18(21)17(22-2)15-11-7-4-8-12-15/h3-13,16-17,20H,1-2H3,(H,19,21)/t13-,16-,17-/m1/s1. The predicted molar refractivity (Wildman–Crippen MR) is 85.2 cm³/mol. The maximum Gasteiger partial charge on any atom is 0.254 e. The molecule has 0 fully saturated rings. The molecule has 0 aliphatic rings. The number of hydrogen-bond donors (Lipinski definition) is 2. The molecule has 2 aromatic rings. The second-order valence-corrected chi connectivity index (χ2v) is 5.18. The zero-order chi connectivity index (χ0) is 15.9. The fourth-order valence-corrected chi connectivity index (χ4v) is 2.34. The van der Waals surface area contributed by atoms with Crippen LogP contribution in [0.25, 0.3) is 0 Å². The summed E-state index contributed by atoms with van der Waals surface area (Å²) >= 11 is 0. The molecule has 0 bridgehead atoms. The SMILES string of the molecule is CO[C@@H](C(=O)N[C@H](C)[C@@H](O)c1ccccc1)c1ccccc1. The van der Waals surface area contributed by atoms with E-state index >= 15 is 0 Å². The quantitative estimate of drug-likeness (QED) is 0.862. The summed E-state index contributed by atoms with van der Waals surface area (Å²) in [5.41, 5.74) is 1.55. The summed E-state index contributed by atoms with van der Waals surface area (Å²) in [7, 11) is 1.50. The summed E-state index contributed by atoms with van der Waals surface area (Å²) in [6.45, 7) is 1.77. The summed E-state index contributed by atoms with van der Waals surface area (Å²) in [6, 6.07) is 18.1. The summed E-state index contributed by atoms with van der Waals surface area (Å²) in [5, 5.41) is 13.1. The van der Waals surface area contributed by atoms with E-state index in [4.69, 9.17) is 4.74 Å². The van der Waals surface area contributed by atoms with Gasteiger partial charge in [-0.05, 0) is 18.1 Å². The first-order valence-corrected chi connectivity index (χ1v) is 7.24. The highest BCUT2D eigenvalue weighted by Gasteiger charge is 2.24. The molecule has 1 amide bonds. The first-order chi connectivity index (χ1) is 10.6. The summed E-state index contributed by atoms with van der Waals surface area (Å²) in [5.74, 6) is -0.267. The Balaban J connectivity index is 2.04. The third kappa shape index (κ3) is 3.93. The fraction of sp³-hybridized carbons (Fsp3) is 0.278. The first-order valence-electron chi connectivity index (χ1n) is 7.24. The molecule has 0 heterocycles. The lowest BCUT2D eigenvalue weighted by atomic mass is 10.0. The van der Waals surface area contributed by atoms with Crippen LogP contribution in [0.5, 0.6) is 0 Å². The van der Waals surface area contributed by atoms with Gasteiger partial charge in [0.25, 0.3) is 5.91 Å². The Morgan fingerprint density at radius 3 is 2.00 bits per heavy atom. The molecule has 0 radical (unpaired) electrons. The average Bonchev–Trinajstić information content (AvgIpc) is 2.56. The van der Waals surface area contributed by atoms with Crippen LogP contribution in [0.1, 0.15) is 30.3 Å². The van der Waals surface area contributed by atoms with Crippen LogP contribution >= 0.6 is 0 Å². The van der Waals surface area contributed by atoms with Gasteiger partial charge in [-0.25, -0.2) is 0 Å². The van der Waals surface area contributed by atoms with Crippen LogP contribution in [0.2, 0.25) is 0 Å². The third-order valence-electron chi connectivity index (χ3n) is 3.56. The van der Waals surface area contributed by atoms with Crippen LogP contribution in [0.4, 0.5) is 0 Å². The van der Waals surface area contributed by atoms with E-state index < -0.39 is 18.2 Å². The Morgan fingerprint density at radius 2 is 1.50 bits per heavy atom. The van der Waals surface area contributed by atoms with Gasteiger partial charge < -0.3 is 15.2 Å². The van der Waals surface area contributed by atoms with Crippen molar-refractivity contribution in [2.45, 2.75) is 25.2 Å². The Kier molecular flexibility index (Phi) is 5.69. The van der Waals surface area contributed by atoms with Gasteiger partial charge in [0, 0.05) is 7.11 Å². The molecule has 2 aromatic carbocycles. The van der Waals surface area contributed by atoms with Crippen molar-refractivity contribution in [1.82, 2.24) is 5.32 Å². The molecule has 0 unspecified atom stereocenters. The molecule has 0 aliphatic carbocycles. The van der Waals surface area contributed by atoms with Crippen LogP contribution in [-0.4, -0.2) is 24.2 Å². The zero-order valence-electron chi connectivity index (χ0n) is 12.8. The lowest BCUT2D eigenvalue weighted by molar-refractivity contribution is -0.132. The number of benzene rings is 2. The van der Waals surface area contributed by atoms with Crippen LogP contribution in [0.3, 0.4) is 0 Å². The van der Waals surface area contributed by atoms with Crippen molar-refractivity contribution in [3.05, 3.63) is 71.8 Å². The highest BCUT2D eigenvalue weighted by atomic mass is 16.5. The zero-order valence-corrected chi connectivity index (χ0v) is 12.8. The van der Waals surface area contributed by atoms with Crippen molar-refractivity contribution < 1.29 is 14.6 Å². The molecule has 116 valence electrons. The van der Waals surface area contributed by atoms with E-state index in [0.29, 0.717) is 0 Å². The van der Waals surface area contributed by atoms with E-state index in [1.165, 1.54) is 7.11 Å². The maximum atomic E-state index is 12.4. The monoisotopic (exact) mass is 299 g/mol. The Hall–Kier alpha value is -2.17. The highest BCUT2D eigenvalue weighted by Crippen LogP contribution is 2.19. The van der Waals surface area contributed by atoms with Gasteiger partial charge in [0.15, 0.2) is 6.10 Å². The third-order valence-corrected chi connectivity index (χ3v) is 3.56.